The average molecular weight is 224 g/mol. The molecule has 1 aromatic carbocycles. The number of nitrogens with zero attached hydrogens (tertiary/aromatic N) is 2. The van der Waals surface area contributed by atoms with E-state index < -0.39 is 0 Å². The minimum Gasteiger partial charge on any atom is -0.481 e. The van der Waals surface area contributed by atoms with Gasteiger partial charge in [-0.1, -0.05) is 6.07 Å². The van der Waals surface area contributed by atoms with Crippen molar-refractivity contribution in [1.29, 1.82) is 5.26 Å². The first-order valence-electron chi connectivity index (χ1n) is 5.26. The molecule has 0 saturated carbocycles. The third-order valence-electron chi connectivity index (χ3n) is 2.62. The normalized spacial score (nSPS) is 9.71. The van der Waals surface area contributed by atoms with E-state index >= 15 is 0 Å². The van der Waals surface area contributed by atoms with E-state index in [1.54, 1.807) is 13.3 Å². The van der Waals surface area contributed by atoms with Gasteiger partial charge in [-0.25, -0.2) is 4.98 Å². The summed E-state index contributed by atoms with van der Waals surface area (Å²) in [5, 5.41) is 8.93. The van der Waals surface area contributed by atoms with Crippen LogP contribution in [0.5, 0.6) is 5.88 Å². The van der Waals surface area contributed by atoms with Crippen LogP contribution in [0.25, 0.3) is 11.1 Å². The van der Waals surface area contributed by atoms with Crippen molar-refractivity contribution in [2.24, 2.45) is 0 Å². The third-order valence-corrected chi connectivity index (χ3v) is 2.62. The zero-order valence-electron chi connectivity index (χ0n) is 9.77. The maximum Gasteiger partial charge on any atom is 0.221 e. The molecule has 3 heteroatoms. The minimum atomic E-state index is 0.575. The van der Waals surface area contributed by atoms with Gasteiger partial charge < -0.3 is 4.74 Å². The first kappa shape index (κ1) is 11.2. The predicted octanol–water partition coefficient (Wildman–Crippen LogP) is 2.94. The van der Waals surface area contributed by atoms with Gasteiger partial charge >= 0.3 is 0 Å². The molecular formula is C14H12N2O. The van der Waals surface area contributed by atoms with Crippen LogP contribution in [0.4, 0.5) is 0 Å². The molecule has 0 bridgehead atoms. The number of aryl methyl sites for hydroxylation is 1. The summed E-state index contributed by atoms with van der Waals surface area (Å²) in [5.74, 6) is 0.575. The van der Waals surface area contributed by atoms with Crippen LogP contribution in [0.2, 0.25) is 0 Å². The van der Waals surface area contributed by atoms with Gasteiger partial charge in [-0.15, -0.1) is 0 Å². The summed E-state index contributed by atoms with van der Waals surface area (Å²) in [6.45, 7) is 2.00. The van der Waals surface area contributed by atoms with Crippen LogP contribution < -0.4 is 4.74 Å². The number of benzene rings is 1. The van der Waals surface area contributed by atoms with Crippen LogP contribution in [0.15, 0.2) is 36.5 Å². The maximum atomic E-state index is 8.93. The van der Waals surface area contributed by atoms with Crippen molar-refractivity contribution in [2.45, 2.75) is 6.92 Å². The molecule has 17 heavy (non-hydrogen) atoms. The smallest absolute Gasteiger partial charge is 0.221 e. The van der Waals surface area contributed by atoms with Crippen LogP contribution in [-0.2, 0) is 0 Å². The number of nitriles is 1. The van der Waals surface area contributed by atoms with Crippen molar-refractivity contribution >= 4 is 0 Å². The van der Waals surface area contributed by atoms with Crippen molar-refractivity contribution in [3.8, 4) is 23.1 Å². The summed E-state index contributed by atoms with van der Waals surface area (Å²) in [4.78, 5) is 4.17. The van der Waals surface area contributed by atoms with Crippen LogP contribution in [-0.4, -0.2) is 12.1 Å². The zero-order chi connectivity index (χ0) is 12.3. The number of pyridine rings is 1. The molecule has 0 aliphatic carbocycles. The molecule has 0 N–H and O–H groups in total. The number of methoxy groups -OCH3 is 1. The van der Waals surface area contributed by atoms with E-state index in [4.69, 9.17) is 10.00 Å². The number of rotatable bonds is 2. The molecule has 0 amide bonds. The summed E-state index contributed by atoms with van der Waals surface area (Å²) >= 11 is 0. The lowest BCUT2D eigenvalue weighted by Gasteiger charge is -2.09. The van der Waals surface area contributed by atoms with E-state index in [2.05, 4.69) is 11.1 Å². The highest BCUT2D eigenvalue weighted by Crippen LogP contribution is 2.30. The molecule has 2 aromatic rings. The molecule has 0 fully saturated rings. The highest BCUT2D eigenvalue weighted by atomic mass is 16.5. The highest BCUT2D eigenvalue weighted by molar-refractivity contribution is 5.72. The van der Waals surface area contributed by atoms with Crippen LogP contribution in [0, 0.1) is 18.3 Å². The van der Waals surface area contributed by atoms with E-state index in [0.29, 0.717) is 11.4 Å². The average Bonchev–Trinajstić information content (AvgIpc) is 2.39. The molecule has 0 unspecified atom stereocenters. The SMILES string of the molecule is COc1ncccc1-c1cc(C#N)ccc1C. The fourth-order valence-corrected chi connectivity index (χ4v) is 1.74. The Morgan fingerprint density at radius 3 is 2.76 bits per heavy atom. The minimum absolute atomic E-state index is 0.575. The molecule has 2 rings (SSSR count). The van der Waals surface area contributed by atoms with Gasteiger partial charge in [0.15, 0.2) is 0 Å². The van der Waals surface area contributed by atoms with Gasteiger partial charge in [0.2, 0.25) is 5.88 Å². The van der Waals surface area contributed by atoms with Crippen molar-refractivity contribution in [2.75, 3.05) is 7.11 Å². The Kier molecular flexibility index (Phi) is 3.06. The number of aromatic nitrogens is 1. The van der Waals surface area contributed by atoms with Crippen molar-refractivity contribution in [3.05, 3.63) is 47.7 Å². The monoisotopic (exact) mass is 224 g/mol. The van der Waals surface area contributed by atoms with Gasteiger partial charge in [0.1, 0.15) is 0 Å². The molecule has 0 atom stereocenters. The molecule has 0 radical (unpaired) electrons. The largest absolute Gasteiger partial charge is 0.481 e. The highest BCUT2D eigenvalue weighted by Gasteiger charge is 2.09. The van der Waals surface area contributed by atoms with Crippen LogP contribution in [0.3, 0.4) is 0 Å². The quantitative estimate of drug-likeness (QED) is 0.787. The Bertz CT molecular complexity index is 585. The molecule has 1 aromatic heterocycles. The first-order chi connectivity index (χ1) is 8.26. The van der Waals surface area contributed by atoms with E-state index in [-0.39, 0.29) is 0 Å². The van der Waals surface area contributed by atoms with Crippen molar-refractivity contribution in [1.82, 2.24) is 4.98 Å². The van der Waals surface area contributed by atoms with Gasteiger partial charge in [-0.3, -0.25) is 0 Å². The first-order valence-corrected chi connectivity index (χ1v) is 5.26. The van der Waals surface area contributed by atoms with Gasteiger partial charge in [-0.05, 0) is 42.3 Å². The van der Waals surface area contributed by atoms with E-state index in [1.807, 2.05) is 37.3 Å². The number of hydrogen-bond donors (Lipinski definition) is 0. The second-order valence-corrected chi connectivity index (χ2v) is 3.70. The Hall–Kier alpha value is -2.34. The van der Waals surface area contributed by atoms with E-state index in [1.165, 1.54) is 0 Å². The second kappa shape index (κ2) is 4.67. The fourth-order valence-electron chi connectivity index (χ4n) is 1.74. The maximum absolute atomic E-state index is 8.93. The molecule has 0 aliphatic rings. The molecule has 0 saturated heterocycles. The zero-order valence-corrected chi connectivity index (χ0v) is 9.77. The summed E-state index contributed by atoms with van der Waals surface area (Å²) in [5.41, 5.74) is 3.62. The van der Waals surface area contributed by atoms with Crippen LogP contribution >= 0.6 is 0 Å². The summed E-state index contributed by atoms with van der Waals surface area (Å²) in [7, 11) is 1.59. The molecule has 1 heterocycles. The molecule has 0 aliphatic heterocycles. The van der Waals surface area contributed by atoms with Gasteiger partial charge in [0, 0.05) is 11.8 Å². The lowest BCUT2D eigenvalue weighted by Crippen LogP contribution is -1.93. The second-order valence-electron chi connectivity index (χ2n) is 3.70. The topological polar surface area (TPSA) is 45.9 Å². The number of ether oxygens (including phenoxy) is 1. The fraction of sp³-hybridized carbons (Fsp3) is 0.143. The lowest BCUT2D eigenvalue weighted by molar-refractivity contribution is 0.399. The predicted molar refractivity (Wildman–Crippen MR) is 65.7 cm³/mol. The van der Waals surface area contributed by atoms with Gasteiger partial charge in [-0.2, -0.15) is 5.26 Å². The third kappa shape index (κ3) is 2.11. The molecule has 84 valence electrons. The number of hydrogen-bond acceptors (Lipinski definition) is 3. The Morgan fingerprint density at radius 1 is 1.24 bits per heavy atom. The summed E-state index contributed by atoms with van der Waals surface area (Å²) < 4.78 is 5.23. The molecule has 0 spiro atoms. The Balaban J connectivity index is 2.64. The standard InChI is InChI=1S/C14H12N2O/c1-10-5-6-11(9-15)8-13(10)12-4-3-7-16-14(12)17-2/h3-8H,1-2H3. The molecular weight excluding hydrogens is 212 g/mol. The van der Waals surface area contributed by atoms with Gasteiger partial charge in [0.05, 0.1) is 18.7 Å². The van der Waals surface area contributed by atoms with Gasteiger partial charge in [0.25, 0.3) is 0 Å². The molecule has 3 nitrogen and oxygen atoms in total. The summed E-state index contributed by atoms with van der Waals surface area (Å²) in [6.07, 6.45) is 1.69. The van der Waals surface area contributed by atoms with E-state index in [9.17, 15) is 0 Å². The van der Waals surface area contributed by atoms with Crippen molar-refractivity contribution in [3.63, 3.8) is 0 Å². The van der Waals surface area contributed by atoms with Crippen LogP contribution in [0.1, 0.15) is 11.1 Å². The van der Waals surface area contributed by atoms with Crippen molar-refractivity contribution < 1.29 is 4.74 Å². The Labute approximate surface area is 100 Å². The van der Waals surface area contributed by atoms with E-state index in [0.717, 1.165) is 16.7 Å². The lowest BCUT2D eigenvalue weighted by atomic mass is 9.99. The Morgan fingerprint density at radius 2 is 2.06 bits per heavy atom. The summed E-state index contributed by atoms with van der Waals surface area (Å²) in [6, 6.07) is 11.5.